The van der Waals surface area contributed by atoms with Crippen LogP contribution in [0.15, 0.2) is 0 Å². The molecular weight excluding hydrogens is 264 g/mol. The third-order valence-electron chi connectivity index (χ3n) is 3.03. The van der Waals surface area contributed by atoms with Gasteiger partial charge in [-0.15, -0.1) is 11.3 Å². The molecule has 1 aliphatic rings. The first-order valence-electron chi connectivity index (χ1n) is 6.49. The van der Waals surface area contributed by atoms with Crippen LogP contribution in [0.25, 0.3) is 0 Å². The van der Waals surface area contributed by atoms with Crippen LogP contribution in [0.1, 0.15) is 40.6 Å². The predicted molar refractivity (Wildman–Crippen MR) is 74.6 cm³/mol. The topological polar surface area (TPSA) is 81.4 Å². The van der Waals surface area contributed by atoms with Gasteiger partial charge in [-0.3, -0.25) is 4.79 Å². The number of hydrogen-bond donors (Lipinski definition) is 2. The van der Waals surface area contributed by atoms with Gasteiger partial charge in [-0.05, 0) is 31.7 Å². The predicted octanol–water partition coefficient (Wildman–Crippen LogP) is 1.70. The van der Waals surface area contributed by atoms with Gasteiger partial charge in [0.2, 0.25) is 5.91 Å². The maximum absolute atomic E-state index is 12.0. The Labute approximate surface area is 116 Å². The summed E-state index contributed by atoms with van der Waals surface area (Å²) >= 11 is 1.48. The highest BCUT2D eigenvalue weighted by Gasteiger charge is 2.28. The van der Waals surface area contributed by atoms with Crippen molar-refractivity contribution in [1.29, 1.82) is 0 Å². The molecule has 3 N–H and O–H groups in total. The molecule has 1 aromatic heterocycles. The SMILES string of the molecule is CCOC(=O)c1c(NC(=O)CCN)sc2c1CCC2. The van der Waals surface area contributed by atoms with Crippen molar-refractivity contribution >= 4 is 28.2 Å². The maximum Gasteiger partial charge on any atom is 0.341 e. The average molecular weight is 282 g/mol. The Kier molecular flexibility index (Phi) is 4.55. The van der Waals surface area contributed by atoms with E-state index >= 15 is 0 Å². The van der Waals surface area contributed by atoms with E-state index in [9.17, 15) is 9.59 Å². The lowest BCUT2D eigenvalue weighted by Crippen LogP contribution is -2.18. The number of carbonyl (C=O) groups excluding carboxylic acids is 2. The molecule has 0 unspecified atom stereocenters. The lowest BCUT2D eigenvalue weighted by atomic mass is 10.1. The minimum absolute atomic E-state index is 0.159. The molecule has 6 heteroatoms. The third kappa shape index (κ3) is 2.96. The van der Waals surface area contributed by atoms with Crippen molar-refractivity contribution in [2.24, 2.45) is 5.73 Å². The average Bonchev–Trinajstić information content (AvgIpc) is 2.89. The quantitative estimate of drug-likeness (QED) is 0.805. The van der Waals surface area contributed by atoms with Crippen molar-refractivity contribution in [3.63, 3.8) is 0 Å². The summed E-state index contributed by atoms with van der Waals surface area (Å²) in [5, 5.41) is 3.39. The highest BCUT2D eigenvalue weighted by atomic mass is 32.1. The van der Waals surface area contributed by atoms with E-state index in [1.54, 1.807) is 6.92 Å². The number of esters is 1. The van der Waals surface area contributed by atoms with Gasteiger partial charge in [0, 0.05) is 17.8 Å². The van der Waals surface area contributed by atoms with Crippen LogP contribution in [-0.4, -0.2) is 25.0 Å². The van der Waals surface area contributed by atoms with Crippen molar-refractivity contribution in [3.8, 4) is 0 Å². The van der Waals surface area contributed by atoms with Gasteiger partial charge in [0.05, 0.1) is 12.2 Å². The van der Waals surface area contributed by atoms with Crippen molar-refractivity contribution in [2.45, 2.75) is 32.6 Å². The summed E-state index contributed by atoms with van der Waals surface area (Å²) < 4.78 is 5.09. The fourth-order valence-electron chi connectivity index (χ4n) is 2.23. The van der Waals surface area contributed by atoms with Crippen LogP contribution < -0.4 is 11.1 Å². The Morgan fingerprint density at radius 2 is 2.21 bits per heavy atom. The van der Waals surface area contributed by atoms with Crippen molar-refractivity contribution in [1.82, 2.24) is 0 Å². The van der Waals surface area contributed by atoms with E-state index in [1.807, 2.05) is 0 Å². The smallest absolute Gasteiger partial charge is 0.341 e. The van der Waals surface area contributed by atoms with E-state index in [4.69, 9.17) is 10.5 Å². The van der Waals surface area contributed by atoms with E-state index in [2.05, 4.69) is 5.32 Å². The van der Waals surface area contributed by atoms with Gasteiger partial charge < -0.3 is 15.8 Å². The van der Waals surface area contributed by atoms with Crippen LogP contribution in [0, 0.1) is 0 Å². The van der Waals surface area contributed by atoms with Crippen LogP contribution in [0.4, 0.5) is 5.00 Å². The summed E-state index contributed by atoms with van der Waals surface area (Å²) in [7, 11) is 0. The molecule has 1 aliphatic carbocycles. The van der Waals surface area contributed by atoms with Crippen molar-refractivity contribution in [2.75, 3.05) is 18.5 Å². The Morgan fingerprint density at radius 3 is 2.89 bits per heavy atom. The third-order valence-corrected chi connectivity index (χ3v) is 4.23. The lowest BCUT2D eigenvalue weighted by molar-refractivity contribution is -0.116. The maximum atomic E-state index is 12.0. The number of carbonyl (C=O) groups is 2. The molecule has 1 aromatic rings. The van der Waals surface area contributed by atoms with Gasteiger partial charge in [-0.2, -0.15) is 0 Å². The highest BCUT2D eigenvalue weighted by Crippen LogP contribution is 2.39. The van der Waals surface area contributed by atoms with Crippen LogP contribution in [-0.2, 0) is 22.4 Å². The van der Waals surface area contributed by atoms with Gasteiger partial charge in [0.25, 0.3) is 0 Å². The first-order valence-corrected chi connectivity index (χ1v) is 7.30. The van der Waals surface area contributed by atoms with Gasteiger partial charge in [-0.25, -0.2) is 4.79 Å². The molecular formula is C13H18N2O3S. The van der Waals surface area contributed by atoms with E-state index in [1.165, 1.54) is 16.2 Å². The van der Waals surface area contributed by atoms with Gasteiger partial charge >= 0.3 is 5.97 Å². The molecule has 0 atom stereocenters. The Hall–Kier alpha value is -1.40. The second-order valence-corrected chi connectivity index (χ2v) is 5.47. The number of fused-ring (bicyclic) bond motifs is 1. The normalized spacial score (nSPS) is 13.2. The van der Waals surface area contributed by atoms with Crippen LogP contribution in [0.2, 0.25) is 0 Å². The number of amides is 1. The fourth-order valence-corrected chi connectivity index (χ4v) is 3.53. The summed E-state index contributed by atoms with van der Waals surface area (Å²) in [5.74, 6) is -0.502. The largest absolute Gasteiger partial charge is 0.462 e. The van der Waals surface area contributed by atoms with Crippen LogP contribution in [0.5, 0.6) is 0 Å². The molecule has 0 aliphatic heterocycles. The minimum Gasteiger partial charge on any atom is -0.462 e. The van der Waals surface area contributed by atoms with Gasteiger partial charge in [-0.1, -0.05) is 0 Å². The van der Waals surface area contributed by atoms with E-state index in [0.717, 1.165) is 24.8 Å². The fraction of sp³-hybridized carbons (Fsp3) is 0.538. The number of aryl methyl sites for hydroxylation is 1. The highest BCUT2D eigenvalue weighted by molar-refractivity contribution is 7.17. The summed E-state index contributed by atoms with van der Waals surface area (Å²) in [6.07, 6.45) is 3.17. The number of thiophene rings is 1. The number of ether oxygens (including phenoxy) is 1. The minimum atomic E-state index is -0.343. The molecule has 5 nitrogen and oxygen atoms in total. The van der Waals surface area contributed by atoms with Crippen LogP contribution in [0.3, 0.4) is 0 Å². The van der Waals surface area contributed by atoms with E-state index in [-0.39, 0.29) is 18.3 Å². The molecule has 0 fully saturated rings. The zero-order valence-corrected chi connectivity index (χ0v) is 11.8. The summed E-state index contributed by atoms with van der Waals surface area (Å²) in [5.41, 5.74) is 6.95. The lowest BCUT2D eigenvalue weighted by Gasteiger charge is -2.07. The van der Waals surface area contributed by atoms with Gasteiger partial charge in [0.1, 0.15) is 5.00 Å². The second kappa shape index (κ2) is 6.16. The van der Waals surface area contributed by atoms with Crippen molar-refractivity contribution < 1.29 is 14.3 Å². The molecule has 0 aromatic carbocycles. The van der Waals surface area contributed by atoms with Gasteiger partial charge in [0.15, 0.2) is 0 Å². The molecule has 1 amide bonds. The van der Waals surface area contributed by atoms with E-state index in [0.29, 0.717) is 23.7 Å². The molecule has 1 heterocycles. The molecule has 2 rings (SSSR count). The standard InChI is InChI=1S/C13H18N2O3S/c1-2-18-13(17)11-8-4-3-5-9(8)19-12(11)15-10(16)6-7-14/h2-7,14H2,1H3,(H,15,16). The first-order chi connectivity index (χ1) is 9.17. The Balaban J connectivity index is 2.27. The second-order valence-electron chi connectivity index (χ2n) is 4.37. The summed E-state index contributed by atoms with van der Waals surface area (Å²) in [4.78, 5) is 24.9. The summed E-state index contributed by atoms with van der Waals surface area (Å²) in [6, 6.07) is 0. The first kappa shape index (κ1) is 14.0. The van der Waals surface area contributed by atoms with Crippen molar-refractivity contribution in [3.05, 3.63) is 16.0 Å². The molecule has 0 saturated heterocycles. The zero-order chi connectivity index (χ0) is 13.8. The molecule has 0 bridgehead atoms. The number of anilines is 1. The summed E-state index contributed by atoms with van der Waals surface area (Å²) in [6.45, 7) is 2.41. The molecule has 0 saturated carbocycles. The number of rotatable bonds is 5. The van der Waals surface area contributed by atoms with Crippen LogP contribution >= 0.6 is 11.3 Å². The molecule has 19 heavy (non-hydrogen) atoms. The molecule has 0 spiro atoms. The Bertz CT molecular complexity index is 496. The number of hydrogen-bond acceptors (Lipinski definition) is 5. The van der Waals surface area contributed by atoms with E-state index < -0.39 is 0 Å². The number of nitrogens with one attached hydrogen (secondary N) is 1. The number of nitrogens with two attached hydrogens (primary N) is 1. The monoisotopic (exact) mass is 282 g/mol. The Morgan fingerprint density at radius 1 is 1.42 bits per heavy atom. The molecule has 104 valence electrons. The zero-order valence-electron chi connectivity index (χ0n) is 11.0. The molecule has 0 radical (unpaired) electrons.